The van der Waals surface area contributed by atoms with Gasteiger partial charge in [0, 0.05) is 19.6 Å². The van der Waals surface area contributed by atoms with Gasteiger partial charge in [-0.1, -0.05) is 18.2 Å². The van der Waals surface area contributed by atoms with Gasteiger partial charge >= 0.3 is 0 Å². The highest BCUT2D eigenvalue weighted by atomic mass is 16.5. The first-order valence-electron chi connectivity index (χ1n) is 8.87. The van der Waals surface area contributed by atoms with Crippen LogP contribution in [0.15, 0.2) is 30.3 Å². The van der Waals surface area contributed by atoms with Crippen molar-refractivity contribution in [2.45, 2.75) is 20.3 Å². The van der Waals surface area contributed by atoms with Gasteiger partial charge in [0.25, 0.3) is 5.91 Å². The quantitative estimate of drug-likeness (QED) is 0.815. The minimum Gasteiger partial charge on any atom is -0.379 e. The molecule has 1 fully saturated rings. The fourth-order valence-corrected chi connectivity index (χ4v) is 3.21. The summed E-state index contributed by atoms with van der Waals surface area (Å²) < 4.78 is 7.18. The number of aryl methyl sites for hydroxylation is 1. The van der Waals surface area contributed by atoms with Crippen molar-refractivity contribution in [3.63, 3.8) is 0 Å². The molecule has 6 heteroatoms. The number of nitrogens with zero attached hydrogens (tertiary/aromatic N) is 3. The Labute approximate surface area is 148 Å². The molecule has 1 aromatic carbocycles. The summed E-state index contributed by atoms with van der Waals surface area (Å²) in [4.78, 5) is 15.0. The van der Waals surface area contributed by atoms with Crippen molar-refractivity contribution >= 4 is 5.91 Å². The molecule has 0 aliphatic carbocycles. The van der Waals surface area contributed by atoms with Crippen molar-refractivity contribution in [2.75, 3.05) is 39.4 Å². The van der Waals surface area contributed by atoms with E-state index in [1.54, 1.807) is 0 Å². The molecule has 0 bridgehead atoms. The second-order valence-corrected chi connectivity index (χ2v) is 6.36. The maximum absolute atomic E-state index is 12.6. The molecule has 0 radical (unpaired) electrons. The molecule has 134 valence electrons. The molecule has 1 aliphatic heterocycles. The van der Waals surface area contributed by atoms with E-state index in [-0.39, 0.29) is 5.91 Å². The molecule has 6 nitrogen and oxygen atoms in total. The van der Waals surface area contributed by atoms with Crippen LogP contribution < -0.4 is 5.32 Å². The highest BCUT2D eigenvalue weighted by Crippen LogP contribution is 2.17. The third-order valence-electron chi connectivity index (χ3n) is 4.56. The van der Waals surface area contributed by atoms with Gasteiger partial charge in [0.1, 0.15) is 0 Å². The number of carbonyl (C=O) groups is 1. The van der Waals surface area contributed by atoms with Crippen molar-refractivity contribution in [3.05, 3.63) is 47.3 Å². The summed E-state index contributed by atoms with van der Waals surface area (Å²) in [6, 6.07) is 9.89. The first-order valence-corrected chi connectivity index (χ1v) is 8.87. The van der Waals surface area contributed by atoms with E-state index in [1.807, 2.05) is 48.9 Å². The average Bonchev–Trinajstić information content (AvgIpc) is 2.94. The fourth-order valence-electron chi connectivity index (χ4n) is 3.21. The van der Waals surface area contributed by atoms with Gasteiger partial charge in [0.2, 0.25) is 0 Å². The molecule has 1 aliphatic rings. The SMILES string of the molecule is Cc1nn(-c2ccccc2)c(C)c1C(=O)NCCCN1CCOCC1. The van der Waals surface area contributed by atoms with Gasteiger partial charge in [-0.05, 0) is 38.9 Å². The number of para-hydroxylation sites is 1. The molecule has 3 rings (SSSR count). The number of benzene rings is 1. The van der Waals surface area contributed by atoms with E-state index in [1.165, 1.54) is 0 Å². The van der Waals surface area contributed by atoms with E-state index in [2.05, 4.69) is 15.3 Å². The molecule has 1 saturated heterocycles. The number of hydrogen-bond acceptors (Lipinski definition) is 4. The lowest BCUT2D eigenvalue weighted by molar-refractivity contribution is 0.0374. The van der Waals surface area contributed by atoms with E-state index in [0.717, 1.165) is 56.3 Å². The normalized spacial score (nSPS) is 15.3. The summed E-state index contributed by atoms with van der Waals surface area (Å²) in [6.45, 7) is 9.07. The highest BCUT2D eigenvalue weighted by Gasteiger charge is 2.19. The van der Waals surface area contributed by atoms with Crippen molar-refractivity contribution in [2.24, 2.45) is 0 Å². The van der Waals surface area contributed by atoms with Gasteiger partial charge in [-0.3, -0.25) is 9.69 Å². The molecule has 1 aromatic heterocycles. The Kier molecular flexibility index (Phi) is 5.83. The highest BCUT2D eigenvalue weighted by molar-refractivity contribution is 5.96. The van der Waals surface area contributed by atoms with Crippen LogP contribution in [-0.2, 0) is 4.74 Å². The molecular weight excluding hydrogens is 316 g/mol. The summed E-state index contributed by atoms with van der Waals surface area (Å²) in [5.74, 6) is -0.0424. The van der Waals surface area contributed by atoms with Gasteiger partial charge < -0.3 is 10.1 Å². The number of rotatable bonds is 6. The van der Waals surface area contributed by atoms with Crippen LogP contribution in [0.1, 0.15) is 28.2 Å². The van der Waals surface area contributed by atoms with Gasteiger partial charge in [-0.2, -0.15) is 5.10 Å². The predicted octanol–water partition coefficient (Wildman–Crippen LogP) is 1.94. The number of hydrogen-bond donors (Lipinski definition) is 1. The lowest BCUT2D eigenvalue weighted by Gasteiger charge is -2.26. The predicted molar refractivity (Wildman–Crippen MR) is 97.2 cm³/mol. The Morgan fingerprint density at radius 1 is 1.20 bits per heavy atom. The van der Waals surface area contributed by atoms with Crippen LogP contribution in [0.25, 0.3) is 5.69 Å². The molecular formula is C19H26N4O2. The van der Waals surface area contributed by atoms with Crippen molar-refractivity contribution in [1.82, 2.24) is 20.0 Å². The molecule has 0 atom stereocenters. The van der Waals surface area contributed by atoms with Crippen LogP contribution >= 0.6 is 0 Å². The Morgan fingerprint density at radius 2 is 1.92 bits per heavy atom. The summed E-state index contributed by atoms with van der Waals surface area (Å²) in [5, 5.41) is 7.57. The van der Waals surface area contributed by atoms with Crippen LogP contribution in [0.2, 0.25) is 0 Å². The number of nitrogens with one attached hydrogen (secondary N) is 1. The van der Waals surface area contributed by atoms with Gasteiger partial charge in [-0.25, -0.2) is 4.68 Å². The van der Waals surface area contributed by atoms with Crippen LogP contribution in [0, 0.1) is 13.8 Å². The minimum atomic E-state index is -0.0424. The molecule has 2 heterocycles. The van der Waals surface area contributed by atoms with Gasteiger partial charge in [0.15, 0.2) is 0 Å². The molecule has 1 amide bonds. The number of ether oxygens (including phenoxy) is 1. The monoisotopic (exact) mass is 342 g/mol. The molecule has 0 spiro atoms. The van der Waals surface area contributed by atoms with E-state index in [9.17, 15) is 4.79 Å². The number of morpholine rings is 1. The minimum absolute atomic E-state index is 0.0424. The van der Waals surface area contributed by atoms with E-state index < -0.39 is 0 Å². The average molecular weight is 342 g/mol. The van der Waals surface area contributed by atoms with Crippen molar-refractivity contribution in [1.29, 1.82) is 0 Å². The Bertz CT molecular complexity index is 706. The second-order valence-electron chi connectivity index (χ2n) is 6.36. The van der Waals surface area contributed by atoms with Crippen LogP contribution in [-0.4, -0.2) is 60.0 Å². The maximum Gasteiger partial charge on any atom is 0.255 e. The van der Waals surface area contributed by atoms with E-state index in [4.69, 9.17) is 4.74 Å². The zero-order valence-electron chi connectivity index (χ0n) is 15.0. The second kappa shape index (κ2) is 8.27. The van der Waals surface area contributed by atoms with Crippen molar-refractivity contribution in [3.8, 4) is 5.69 Å². The molecule has 2 aromatic rings. The Hall–Kier alpha value is -2.18. The topological polar surface area (TPSA) is 59.4 Å². The Balaban J connectivity index is 1.58. The van der Waals surface area contributed by atoms with E-state index in [0.29, 0.717) is 12.1 Å². The molecule has 0 saturated carbocycles. The first-order chi connectivity index (χ1) is 12.2. The number of amides is 1. The molecule has 0 unspecified atom stereocenters. The van der Waals surface area contributed by atoms with Crippen molar-refractivity contribution < 1.29 is 9.53 Å². The first kappa shape index (κ1) is 17.6. The number of aromatic nitrogens is 2. The van der Waals surface area contributed by atoms with Gasteiger partial charge in [-0.15, -0.1) is 0 Å². The summed E-state index contributed by atoms with van der Waals surface area (Å²) in [7, 11) is 0. The third-order valence-corrected chi connectivity index (χ3v) is 4.56. The lowest BCUT2D eigenvalue weighted by atomic mass is 10.2. The van der Waals surface area contributed by atoms with E-state index >= 15 is 0 Å². The summed E-state index contributed by atoms with van der Waals surface area (Å²) in [6.07, 6.45) is 0.941. The number of carbonyl (C=O) groups excluding carboxylic acids is 1. The smallest absolute Gasteiger partial charge is 0.255 e. The largest absolute Gasteiger partial charge is 0.379 e. The standard InChI is InChI=1S/C19H26N4O2/c1-15-18(16(2)23(21-15)17-7-4-3-5-8-17)19(24)20-9-6-10-22-11-13-25-14-12-22/h3-5,7-8H,6,9-14H2,1-2H3,(H,20,24). The molecule has 1 N–H and O–H groups in total. The maximum atomic E-state index is 12.6. The lowest BCUT2D eigenvalue weighted by Crippen LogP contribution is -2.38. The van der Waals surface area contributed by atoms with Gasteiger partial charge in [0.05, 0.1) is 35.9 Å². The zero-order chi connectivity index (χ0) is 17.6. The summed E-state index contributed by atoms with van der Waals surface area (Å²) >= 11 is 0. The third kappa shape index (κ3) is 4.27. The molecule has 25 heavy (non-hydrogen) atoms. The van der Waals surface area contributed by atoms with Crippen LogP contribution in [0.3, 0.4) is 0 Å². The summed E-state index contributed by atoms with van der Waals surface area (Å²) in [5.41, 5.74) is 3.27. The van der Waals surface area contributed by atoms with Crippen LogP contribution in [0.4, 0.5) is 0 Å². The van der Waals surface area contributed by atoms with Crippen LogP contribution in [0.5, 0.6) is 0 Å². The zero-order valence-corrected chi connectivity index (χ0v) is 15.0. The fraction of sp³-hybridized carbons (Fsp3) is 0.474. The Morgan fingerprint density at radius 3 is 2.64 bits per heavy atom.